The van der Waals surface area contributed by atoms with E-state index in [1.165, 1.54) is 12.3 Å². The monoisotopic (exact) mass is 178 g/mol. The summed E-state index contributed by atoms with van der Waals surface area (Å²) in [6.45, 7) is 3.63. The van der Waals surface area contributed by atoms with E-state index >= 15 is 0 Å². The third kappa shape index (κ3) is 2.59. The lowest BCUT2D eigenvalue weighted by Crippen LogP contribution is -2.05. The predicted octanol–water partition coefficient (Wildman–Crippen LogP) is 1.01. The minimum atomic E-state index is -0.424. The molecule has 0 amide bonds. The topological polar surface area (TPSA) is 65.2 Å². The Labute approximate surface area is 76.0 Å². The largest absolute Gasteiger partial charge is 0.458 e. The van der Waals surface area contributed by atoms with E-state index in [2.05, 4.69) is 11.6 Å². The number of nitrogen functional groups attached to an aromatic ring is 1. The van der Waals surface area contributed by atoms with Crippen molar-refractivity contribution in [3.05, 3.63) is 36.5 Å². The molecule has 13 heavy (non-hydrogen) atoms. The first-order chi connectivity index (χ1) is 6.24. The van der Waals surface area contributed by atoms with Crippen LogP contribution < -0.4 is 5.73 Å². The van der Waals surface area contributed by atoms with Crippen LogP contribution in [0, 0.1) is 0 Å². The zero-order valence-corrected chi connectivity index (χ0v) is 7.06. The van der Waals surface area contributed by atoms with Crippen LogP contribution in [0.25, 0.3) is 0 Å². The van der Waals surface area contributed by atoms with E-state index in [1.54, 1.807) is 12.1 Å². The number of rotatable bonds is 3. The quantitative estimate of drug-likeness (QED) is 0.554. The average Bonchev–Trinajstić information content (AvgIpc) is 2.15. The van der Waals surface area contributed by atoms with Crippen molar-refractivity contribution in [3.63, 3.8) is 0 Å². The van der Waals surface area contributed by atoms with Crippen LogP contribution in [0.3, 0.4) is 0 Å². The molecule has 0 aliphatic heterocycles. The van der Waals surface area contributed by atoms with Gasteiger partial charge in [-0.3, -0.25) is 0 Å². The maximum Gasteiger partial charge on any atom is 0.340 e. The number of nitrogens with two attached hydrogens (primary N) is 1. The van der Waals surface area contributed by atoms with Crippen LogP contribution >= 0.6 is 0 Å². The van der Waals surface area contributed by atoms with Crippen LogP contribution in [0.1, 0.15) is 10.4 Å². The van der Waals surface area contributed by atoms with Crippen LogP contribution in [0.2, 0.25) is 0 Å². The Morgan fingerprint density at radius 1 is 1.69 bits per heavy atom. The average molecular weight is 178 g/mol. The summed E-state index contributed by atoms with van der Waals surface area (Å²) in [5.41, 5.74) is 5.73. The lowest BCUT2D eigenvalue weighted by molar-refractivity contribution is 0.0549. The van der Waals surface area contributed by atoms with Crippen LogP contribution in [0.5, 0.6) is 0 Å². The number of carbonyl (C=O) groups excluding carboxylic acids is 1. The molecule has 0 spiro atoms. The molecule has 0 aliphatic carbocycles. The highest BCUT2D eigenvalue weighted by Crippen LogP contribution is 2.02. The number of anilines is 1. The normalized spacial score (nSPS) is 9.23. The van der Waals surface area contributed by atoms with Gasteiger partial charge >= 0.3 is 5.97 Å². The molecule has 0 fully saturated rings. The van der Waals surface area contributed by atoms with Crippen molar-refractivity contribution in [3.8, 4) is 0 Å². The van der Waals surface area contributed by atoms with Gasteiger partial charge in [0.15, 0.2) is 0 Å². The van der Waals surface area contributed by atoms with Crippen LogP contribution in [0.4, 0.5) is 5.82 Å². The molecule has 0 saturated carbocycles. The van der Waals surface area contributed by atoms with Crippen molar-refractivity contribution < 1.29 is 9.53 Å². The number of aromatic nitrogens is 1. The van der Waals surface area contributed by atoms with E-state index < -0.39 is 5.97 Å². The van der Waals surface area contributed by atoms with E-state index in [0.717, 1.165) is 0 Å². The second-order valence-corrected chi connectivity index (χ2v) is 2.36. The van der Waals surface area contributed by atoms with Crippen molar-refractivity contribution in [2.24, 2.45) is 0 Å². The molecule has 1 heterocycles. The van der Waals surface area contributed by atoms with Crippen molar-refractivity contribution in [2.75, 3.05) is 12.3 Å². The summed E-state index contributed by atoms with van der Waals surface area (Å²) in [5, 5.41) is 0. The van der Waals surface area contributed by atoms with Crippen LogP contribution in [-0.4, -0.2) is 17.6 Å². The van der Waals surface area contributed by atoms with Gasteiger partial charge in [0.2, 0.25) is 0 Å². The van der Waals surface area contributed by atoms with Crippen LogP contribution in [0.15, 0.2) is 31.0 Å². The molecule has 0 saturated heterocycles. The smallest absolute Gasteiger partial charge is 0.340 e. The molecule has 0 bridgehead atoms. The maximum absolute atomic E-state index is 11.2. The molecule has 0 aliphatic rings. The zero-order valence-electron chi connectivity index (χ0n) is 7.06. The molecule has 4 nitrogen and oxygen atoms in total. The molecule has 1 aromatic heterocycles. The van der Waals surface area contributed by atoms with Gasteiger partial charge in [0.25, 0.3) is 0 Å². The second kappa shape index (κ2) is 4.25. The van der Waals surface area contributed by atoms with Gasteiger partial charge in [-0.1, -0.05) is 12.7 Å². The number of ether oxygens (including phenoxy) is 1. The van der Waals surface area contributed by atoms with Gasteiger partial charge in [0.1, 0.15) is 12.4 Å². The first-order valence-electron chi connectivity index (χ1n) is 3.73. The first kappa shape index (κ1) is 9.25. The number of pyridine rings is 1. The lowest BCUT2D eigenvalue weighted by atomic mass is 10.3. The van der Waals surface area contributed by atoms with E-state index in [9.17, 15) is 4.79 Å². The molecule has 0 unspecified atom stereocenters. The minimum Gasteiger partial charge on any atom is -0.458 e. The van der Waals surface area contributed by atoms with E-state index in [4.69, 9.17) is 10.5 Å². The molecular weight excluding hydrogens is 168 g/mol. The predicted molar refractivity (Wildman–Crippen MR) is 49.1 cm³/mol. The van der Waals surface area contributed by atoms with Gasteiger partial charge in [-0.05, 0) is 12.1 Å². The fraction of sp³-hybridized carbons (Fsp3) is 0.111. The van der Waals surface area contributed by atoms with Crippen LogP contribution in [-0.2, 0) is 4.74 Å². The maximum atomic E-state index is 11.2. The second-order valence-electron chi connectivity index (χ2n) is 2.36. The highest BCUT2D eigenvalue weighted by molar-refractivity contribution is 5.89. The number of hydrogen-bond acceptors (Lipinski definition) is 4. The first-order valence-corrected chi connectivity index (χ1v) is 3.73. The summed E-state index contributed by atoms with van der Waals surface area (Å²) in [6, 6.07) is 3.11. The number of carbonyl (C=O) groups is 1. The van der Waals surface area contributed by atoms with Gasteiger partial charge in [0.05, 0.1) is 5.56 Å². The third-order valence-electron chi connectivity index (χ3n) is 1.35. The van der Waals surface area contributed by atoms with E-state index in [1.807, 2.05) is 0 Å². The SMILES string of the molecule is C=CCOC(=O)c1ccc(N)nc1. The summed E-state index contributed by atoms with van der Waals surface area (Å²) in [6.07, 6.45) is 2.88. The Bertz CT molecular complexity index is 306. The van der Waals surface area contributed by atoms with Crippen molar-refractivity contribution in [1.29, 1.82) is 0 Å². The molecule has 4 heteroatoms. The molecule has 0 aromatic carbocycles. The van der Waals surface area contributed by atoms with Crippen molar-refractivity contribution >= 4 is 11.8 Å². The molecule has 2 N–H and O–H groups in total. The summed E-state index contributed by atoms with van der Waals surface area (Å²) in [5.74, 6) is -0.0485. The molecule has 0 atom stereocenters. The van der Waals surface area contributed by atoms with Gasteiger partial charge in [-0.15, -0.1) is 0 Å². The molecule has 1 aromatic rings. The highest BCUT2D eigenvalue weighted by Gasteiger charge is 2.05. The summed E-state index contributed by atoms with van der Waals surface area (Å²) >= 11 is 0. The fourth-order valence-corrected chi connectivity index (χ4v) is 0.744. The zero-order chi connectivity index (χ0) is 9.68. The third-order valence-corrected chi connectivity index (χ3v) is 1.35. The standard InChI is InChI=1S/C9H10N2O2/c1-2-5-13-9(12)7-3-4-8(10)11-6-7/h2-4,6H,1,5H2,(H2,10,11). The summed E-state index contributed by atoms with van der Waals surface area (Å²) in [7, 11) is 0. The van der Waals surface area contributed by atoms with Gasteiger partial charge in [0, 0.05) is 6.20 Å². The Morgan fingerprint density at radius 2 is 2.46 bits per heavy atom. The highest BCUT2D eigenvalue weighted by atomic mass is 16.5. The van der Waals surface area contributed by atoms with Gasteiger partial charge in [-0.2, -0.15) is 0 Å². The van der Waals surface area contributed by atoms with Crippen molar-refractivity contribution in [1.82, 2.24) is 4.98 Å². The Kier molecular flexibility index (Phi) is 3.03. The van der Waals surface area contributed by atoms with E-state index in [0.29, 0.717) is 11.4 Å². The van der Waals surface area contributed by atoms with E-state index in [-0.39, 0.29) is 6.61 Å². The molecular formula is C9H10N2O2. The Balaban J connectivity index is 2.66. The summed E-state index contributed by atoms with van der Waals surface area (Å²) < 4.78 is 4.78. The Morgan fingerprint density at radius 3 is 3.00 bits per heavy atom. The number of esters is 1. The van der Waals surface area contributed by atoms with Crippen molar-refractivity contribution in [2.45, 2.75) is 0 Å². The Hall–Kier alpha value is -1.84. The molecule has 68 valence electrons. The molecule has 1 rings (SSSR count). The fourth-order valence-electron chi connectivity index (χ4n) is 0.744. The number of hydrogen-bond donors (Lipinski definition) is 1. The summed E-state index contributed by atoms with van der Waals surface area (Å²) in [4.78, 5) is 14.9. The minimum absolute atomic E-state index is 0.198. The van der Waals surface area contributed by atoms with Gasteiger partial charge in [-0.25, -0.2) is 9.78 Å². The lowest BCUT2D eigenvalue weighted by Gasteiger charge is -2.00. The van der Waals surface area contributed by atoms with Gasteiger partial charge < -0.3 is 10.5 Å². The number of nitrogens with zero attached hydrogens (tertiary/aromatic N) is 1. The molecule has 0 radical (unpaired) electrons.